The zero-order chi connectivity index (χ0) is 12.5. The number of pyridine rings is 1. The van der Waals surface area contributed by atoms with Crippen molar-refractivity contribution in [2.75, 3.05) is 24.6 Å². The molecule has 94 valence electrons. The van der Waals surface area contributed by atoms with Crippen molar-refractivity contribution in [1.29, 1.82) is 0 Å². The lowest BCUT2D eigenvalue weighted by atomic mass is 10.4. The second-order valence-electron chi connectivity index (χ2n) is 3.96. The molecule has 1 aromatic rings. The van der Waals surface area contributed by atoms with Gasteiger partial charge in [0.15, 0.2) is 0 Å². The van der Waals surface area contributed by atoms with Crippen LogP contribution in [0, 0.1) is 0 Å². The number of nitrogen functional groups attached to an aromatic ring is 1. The van der Waals surface area contributed by atoms with E-state index in [0.717, 1.165) is 5.75 Å². The second-order valence-corrected chi connectivity index (χ2v) is 7.41. The molecule has 1 aromatic heterocycles. The lowest BCUT2D eigenvalue weighted by molar-refractivity contribution is 0.424. The average molecular weight is 273 g/mol. The summed E-state index contributed by atoms with van der Waals surface area (Å²) < 4.78 is 26.2. The molecule has 0 aromatic carbocycles. The van der Waals surface area contributed by atoms with Gasteiger partial charge in [-0.25, -0.2) is 8.42 Å². The average Bonchev–Trinajstić information content (AvgIpc) is 2.29. The molecule has 2 heterocycles. The molecule has 0 bridgehead atoms. The minimum atomic E-state index is -3.49. The van der Waals surface area contributed by atoms with Crippen molar-refractivity contribution in [3.63, 3.8) is 0 Å². The highest BCUT2D eigenvalue weighted by Crippen LogP contribution is 2.26. The van der Waals surface area contributed by atoms with Gasteiger partial charge in [-0.2, -0.15) is 16.1 Å². The van der Waals surface area contributed by atoms with Gasteiger partial charge in [-0.15, -0.1) is 0 Å². The Morgan fingerprint density at radius 1 is 1.59 bits per heavy atom. The third-order valence-corrected chi connectivity index (χ3v) is 5.68. The summed E-state index contributed by atoms with van der Waals surface area (Å²) in [6, 6.07) is 1.51. The number of nitrogens with zero attached hydrogens (tertiary/aromatic N) is 2. The SMILES string of the molecule is CC1CN(S(=O)(=O)c2cnccc2N)CCS1. The number of aromatic nitrogens is 1. The molecular weight excluding hydrogens is 258 g/mol. The van der Waals surface area contributed by atoms with Gasteiger partial charge in [0.05, 0.1) is 5.69 Å². The number of rotatable bonds is 2. The predicted octanol–water partition coefficient (Wildman–Crippen LogP) is 0.790. The molecule has 2 rings (SSSR count). The highest BCUT2D eigenvalue weighted by Gasteiger charge is 2.30. The van der Waals surface area contributed by atoms with E-state index in [4.69, 9.17) is 5.73 Å². The van der Waals surface area contributed by atoms with Crippen molar-refractivity contribution in [3.05, 3.63) is 18.5 Å². The normalized spacial score (nSPS) is 22.5. The number of hydrogen-bond donors (Lipinski definition) is 1. The number of hydrogen-bond acceptors (Lipinski definition) is 5. The Hall–Kier alpha value is -0.790. The Bertz CT molecular complexity index is 504. The Morgan fingerprint density at radius 2 is 2.35 bits per heavy atom. The minimum Gasteiger partial charge on any atom is -0.398 e. The van der Waals surface area contributed by atoms with Crippen LogP contribution in [0.5, 0.6) is 0 Å². The molecule has 1 fully saturated rings. The van der Waals surface area contributed by atoms with Crippen LogP contribution in [0.1, 0.15) is 6.92 Å². The van der Waals surface area contributed by atoms with E-state index in [9.17, 15) is 8.42 Å². The zero-order valence-corrected chi connectivity index (χ0v) is 11.2. The van der Waals surface area contributed by atoms with Crippen LogP contribution in [0.3, 0.4) is 0 Å². The van der Waals surface area contributed by atoms with E-state index in [-0.39, 0.29) is 10.6 Å². The Morgan fingerprint density at radius 3 is 3.00 bits per heavy atom. The molecule has 0 aliphatic carbocycles. The Balaban J connectivity index is 2.33. The maximum absolute atomic E-state index is 12.4. The maximum Gasteiger partial charge on any atom is 0.246 e. The quantitative estimate of drug-likeness (QED) is 0.862. The molecule has 0 spiro atoms. The predicted molar refractivity (Wildman–Crippen MR) is 69.3 cm³/mol. The summed E-state index contributed by atoms with van der Waals surface area (Å²) >= 11 is 1.78. The molecule has 1 atom stereocenters. The van der Waals surface area contributed by atoms with Crippen LogP contribution in [-0.4, -0.2) is 41.8 Å². The van der Waals surface area contributed by atoms with Crippen LogP contribution in [0.2, 0.25) is 0 Å². The Labute approximate surface area is 105 Å². The number of anilines is 1. The molecule has 0 amide bonds. The van der Waals surface area contributed by atoms with E-state index in [0.29, 0.717) is 18.3 Å². The summed E-state index contributed by atoms with van der Waals surface area (Å²) in [6.45, 7) is 3.09. The molecular formula is C10H15N3O2S2. The second kappa shape index (κ2) is 4.83. The van der Waals surface area contributed by atoms with Gasteiger partial charge in [-0.3, -0.25) is 4.98 Å². The summed E-state index contributed by atoms with van der Waals surface area (Å²) in [4.78, 5) is 3.94. The lowest BCUT2D eigenvalue weighted by Gasteiger charge is -2.29. The van der Waals surface area contributed by atoms with Gasteiger partial charge in [0.2, 0.25) is 10.0 Å². The van der Waals surface area contributed by atoms with Crippen LogP contribution in [-0.2, 0) is 10.0 Å². The molecule has 1 saturated heterocycles. The van der Waals surface area contributed by atoms with E-state index in [2.05, 4.69) is 4.98 Å². The van der Waals surface area contributed by atoms with Gasteiger partial charge in [0.25, 0.3) is 0 Å². The summed E-state index contributed by atoms with van der Waals surface area (Å²) in [6.07, 6.45) is 2.81. The summed E-state index contributed by atoms with van der Waals surface area (Å²) in [7, 11) is -3.49. The fourth-order valence-electron chi connectivity index (χ4n) is 1.75. The van der Waals surface area contributed by atoms with Crippen LogP contribution in [0.15, 0.2) is 23.4 Å². The molecule has 1 unspecified atom stereocenters. The summed E-state index contributed by atoms with van der Waals surface area (Å²) in [5.74, 6) is 0.820. The van der Waals surface area contributed by atoms with Crippen molar-refractivity contribution in [2.45, 2.75) is 17.1 Å². The van der Waals surface area contributed by atoms with E-state index < -0.39 is 10.0 Å². The fourth-order valence-corrected chi connectivity index (χ4v) is 4.56. The highest BCUT2D eigenvalue weighted by molar-refractivity contribution is 8.00. The number of thioether (sulfide) groups is 1. The number of sulfonamides is 1. The molecule has 17 heavy (non-hydrogen) atoms. The van der Waals surface area contributed by atoms with Crippen molar-refractivity contribution in [2.24, 2.45) is 0 Å². The molecule has 2 N–H and O–H groups in total. The van der Waals surface area contributed by atoms with Gasteiger partial charge in [-0.1, -0.05) is 6.92 Å². The van der Waals surface area contributed by atoms with Crippen molar-refractivity contribution < 1.29 is 8.42 Å². The first-order valence-electron chi connectivity index (χ1n) is 5.33. The third kappa shape index (κ3) is 2.56. The van der Waals surface area contributed by atoms with Crippen molar-refractivity contribution >= 4 is 27.5 Å². The smallest absolute Gasteiger partial charge is 0.246 e. The van der Waals surface area contributed by atoms with Crippen LogP contribution < -0.4 is 5.73 Å². The lowest BCUT2D eigenvalue weighted by Crippen LogP contribution is -2.41. The molecule has 1 aliphatic rings. The van der Waals surface area contributed by atoms with Gasteiger partial charge >= 0.3 is 0 Å². The standard InChI is InChI=1S/C10H15N3O2S2/c1-8-7-13(4-5-16-8)17(14,15)10-6-12-3-2-9(10)11/h2-3,6,8H,4-5,7H2,1H3,(H2,11,12). The first-order chi connectivity index (χ1) is 8.01. The minimum absolute atomic E-state index is 0.110. The molecule has 0 saturated carbocycles. The Kier molecular flexibility index (Phi) is 3.60. The van der Waals surface area contributed by atoms with Crippen molar-refractivity contribution in [1.82, 2.24) is 9.29 Å². The van der Waals surface area contributed by atoms with Gasteiger partial charge in [0, 0.05) is 36.5 Å². The monoisotopic (exact) mass is 273 g/mol. The van der Waals surface area contributed by atoms with Gasteiger partial charge in [-0.05, 0) is 6.07 Å². The summed E-state index contributed by atoms with van der Waals surface area (Å²) in [5, 5.41) is 0.316. The van der Waals surface area contributed by atoms with E-state index >= 15 is 0 Å². The maximum atomic E-state index is 12.4. The summed E-state index contributed by atoms with van der Waals surface area (Å²) in [5.41, 5.74) is 5.95. The van der Waals surface area contributed by atoms with Crippen LogP contribution >= 0.6 is 11.8 Å². The largest absolute Gasteiger partial charge is 0.398 e. The van der Waals surface area contributed by atoms with E-state index in [1.807, 2.05) is 6.92 Å². The molecule has 1 aliphatic heterocycles. The molecule has 7 heteroatoms. The third-order valence-electron chi connectivity index (χ3n) is 2.64. The van der Waals surface area contributed by atoms with E-state index in [1.54, 1.807) is 11.8 Å². The van der Waals surface area contributed by atoms with Gasteiger partial charge < -0.3 is 5.73 Å². The first kappa shape index (κ1) is 12.7. The highest BCUT2D eigenvalue weighted by atomic mass is 32.2. The van der Waals surface area contributed by atoms with Crippen LogP contribution in [0.25, 0.3) is 0 Å². The number of nitrogens with two attached hydrogens (primary N) is 1. The van der Waals surface area contributed by atoms with Gasteiger partial charge in [0.1, 0.15) is 4.90 Å². The topological polar surface area (TPSA) is 76.3 Å². The van der Waals surface area contributed by atoms with E-state index in [1.165, 1.54) is 22.8 Å². The molecule has 0 radical (unpaired) electrons. The zero-order valence-electron chi connectivity index (χ0n) is 9.54. The van der Waals surface area contributed by atoms with Crippen LogP contribution in [0.4, 0.5) is 5.69 Å². The first-order valence-corrected chi connectivity index (χ1v) is 7.82. The fraction of sp³-hybridized carbons (Fsp3) is 0.500. The molecule has 5 nitrogen and oxygen atoms in total. The van der Waals surface area contributed by atoms with Crippen molar-refractivity contribution in [3.8, 4) is 0 Å².